The lowest BCUT2D eigenvalue weighted by atomic mass is 10.3. The van der Waals surface area contributed by atoms with Gasteiger partial charge in [0.25, 0.3) is 0 Å². The first-order chi connectivity index (χ1) is 7.50. The lowest BCUT2D eigenvalue weighted by molar-refractivity contribution is 0.101. The Hall–Kier alpha value is -1.56. The molecule has 0 amide bonds. The number of rotatable bonds is 2. The second-order valence-corrected chi connectivity index (χ2v) is 4.81. The Morgan fingerprint density at radius 3 is 2.44 bits per heavy atom. The van der Waals surface area contributed by atoms with E-state index in [2.05, 4.69) is 15.3 Å². The number of nitrogens with zero attached hydrogens (tertiary/aromatic N) is 4. The molecule has 0 aliphatic rings. The standard InChI is InChI=1S/C10H12N4OS/c1-5-8(4)16-10(11-5)14-6(2)9(7(3)15)12-13-14/h1-4H3. The van der Waals surface area contributed by atoms with E-state index in [0.29, 0.717) is 5.69 Å². The Balaban J connectivity index is 2.53. The highest BCUT2D eigenvalue weighted by Crippen LogP contribution is 2.21. The molecule has 0 aliphatic carbocycles. The predicted octanol–water partition coefficient (Wildman–Crippen LogP) is 1.85. The van der Waals surface area contributed by atoms with Crippen molar-refractivity contribution >= 4 is 17.1 Å². The molecule has 0 unspecified atom stereocenters. The Morgan fingerprint density at radius 1 is 1.31 bits per heavy atom. The fraction of sp³-hybridized carbons (Fsp3) is 0.400. The predicted molar refractivity (Wildman–Crippen MR) is 61.2 cm³/mol. The molecule has 0 spiro atoms. The van der Waals surface area contributed by atoms with Crippen molar-refractivity contribution in [3.8, 4) is 5.13 Å². The van der Waals surface area contributed by atoms with Gasteiger partial charge in [0.05, 0.1) is 11.4 Å². The van der Waals surface area contributed by atoms with E-state index < -0.39 is 0 Å². The fourth-order valence-corrected chi connectivity index (χ4v) is 2.29. The van der Waals surface area contributed by atoms with E-state index in [4.69, 9.17) is 0 Å². The van der Waals surface area contributed by atoms with Crippen LogP contribution in [0.4, 0.5) is 0 Å². The summed E-state index contributed by atoms with van der Waals surface area (Å²) in [6, 6.07) is 0. The first kappa shape index (κ1) is 10.9. The maximum absolute atomic E-state index is 11.3. The number of carbonyl (C=O) groups excluding carboxylic acids is 1. The molecular formula is C10H12N4OS. The molecule has 0 N–H and O–H groups in total. The highest BCUT2D eigenvalue weighted by molar-refractivity contribution is 7.14. The Bertz CT molecular complexity index is 536. The van der Waals surface area contributed by atoms with Gasteiger partial charge in [0, 0.05) is 11.8 Å². The largest absolute Gasteiger partial charge is 0.293 e. The summed E-state index contributed by atoms with van der Waals surface area (Å²) in [5.41, 5.74) is 2.13. The molecule has 0 aromatic carbocycles. The topological polar surface area (TPSA) is 60.7 Å². The summed E-state index contributed by atoms with van der Waals surface area (Å²) in [5.74, 6) is -0.0752. The van der Waals surface area contributed by atoms with Crippen LogP contribution in [-0.2, 0) is 0 Å². The van der Waals surface area contributed by atoms with Crippen LogP contribution in [0.5, 0.6) is 0 Å². The van der Waals surface area contributed by atoms with Crippen molar-refractivity contribution < 1.29 is 4.79 Å². The molecule has 2 aromatic rings. The van der Waals surface area contributed by atoms with E-state index in [1.807, 2.05) is 20.8 Å². The van der Waals surface area contributed by atoms with Crippen molar-refractivity contribution in [2.45, 2.75) is 27.7 Å². The average Bonchev–Trinajstić information content (AvgIpc) is 2.71. The molecular weight excluding hydrogens is 224 g/mol. The Labute approximate surface area is 97.1 Å². The van der Waals surface area contributed by atoms with Crippen LogP contribution < -0.4 is 0 Å². The molecule has 2 heterocycles. The van der Waals surface area contributed by atoms with E-state index in [1.165, 1.54) is 6.92 Å². The van der Waals surface area contributed by atoms with Gasteiger partial charge < -0.3 is 0 Å². The molecule has 0 aliphatic heterocycles. The van der Waals surface area contributed by atoms with Gasteiger partial charge in [-0.25, -0.2) is 4.98 Å². The maximum Gasteiger partial charge on any atom is 0.212 e. The summed E-state index contributed by atoms with van der Waals surface area (Å²) in [4.78, 5) is 16.8. The number of hydrogen-bond acceptors (Lipinski definition) is 5. The van der Waals surface area contributed by atoms with Crippen molar-refractivity contribution in [1.82, 2.24) is 20.0 Å². The number of aromatic nitrogens is 4. The quantitative estimate of drug-likeness (QED) is 0.747. The lowest BCUT2D eigenvalue weighted by Gasteiger charge is -1.96. The van der Waals surface area contributed by atoms with Gasteiger partial charge in [0.1, 0.15) is 0 Å². The van der Waals surface area contributed by atoms with Crippen molar-refractivity contribution in [3.63, 3.8) is 0 Å². The summed E-state index contributed by atoms with van der Waals surface area (Å²) in [7, 11) is 0. The molecule has 0 saturated heterocycles. The zero-order valence-corrected chi connectivity index (χ0v) is 10.4. The lowest BCUT2D eigenvalue weighted by Crippen LogP contribution is -2.00. The summed E-state index contributed by atoms with van der Waals surface area (Å²) in [6.07, 6.45) is 0. The minimum absolute atomic E-state index is 0.0752. The zero-order chi connectivity index (χ0) is 11.9. The van der Waals surface area contributed by atoms with E-state index in [9.17, 15) is 4.79 Å². The molecule has 2 aromatic heterocycles. The molecule has 0 saturated carbocycles. The van der Waals surface area contributed by atoms with Crippen LogP contribution in [0.2, 0.25) is 0 Å². The monoisotopic (exact) mass is 236 g/mol. The molecule has 0 atom stereocenters. The number of aryl methyl sites for hydroxylation is 2. The summed E-state index contributed by atoms with van der Waals surface area (Å²) in [6.45, 7) is 7.27. The molecule has 84 valence electrons. The van der Waals surface area contributed by atoms with Gasteiger partial charge in [-0.15, -0.1) is 5.10 Å². The molecule has 6 heteroatoms. The summed E-state index contributed by atoms with van der Waals surface area (Å²) >= 11 is 1.54. The van der Waals surface area contributed by atoms with Crippen molar-refractivity contribution in [3.05, 3.63) is 22.0 Å². The number of thiazole rings is 1. The van der Waals surface area contributed by atoms with Gasteiger partial charge in [-0.05, 0) is 20.8 Å². The first-order valence-corrected chi connectivity index (χ1v) is 5.70. The van der Waals surface area contributed by atoms with Crippen LogP contribution in [0.15, 0.2) is 0 Å². The molecule has 16 heavy (non-hydrogen) atoms. The Kier molecular flexibility index (Phi) is 2.59. The van der Waals surface area contributed by atoms with Gasteiger partial charge in [-0.3, -0.25) is 4.79 Å². The number of hydrogen-bond donors (Lipinski definition) is 0. The molecule has 0 radical (unpaired) electrons. The third-order valence-electron chi connectivity index (χ3n) is 2.43. The van der Waals surface area contributed by atoms with Crippen molar-refractivity contribution in [2.75, 3.05) is 0 Å². The normalized spacial score (nSPS) is 10.8. The van der Waals surface area contributed by atoms with Crippen LogP contribution in [0.1, 0.15) is 33.7 Å². The number of Topliss-reactive ketones (excluding diaryl/α,β-unsaturated/α-hetero) is 1. The van der Waals surface area contributed by atoms with Crippen LogP contribution in [0.3, 0.4) is 0 Å². The van der Waals surface area contributed by atoms with E-state index >= 15 is 0 Å². The van der Waals surface area contributed by atoms with Crippen LogP contribution in [-0.4, -0.2) is 25.8 Å². The smallest absolute Gasteiger partial charge is 0.212 e. The highest BCUT2D eigenvalue weighted by Gasteiger charge is 2.16. The second kappa shape index (κ2) is 3.79. The maximum atomic E-state index is 11.3. The molecule has 0 fully saturated rings. The number of ketones is 1. The van der Waals surface area contributed by atoms with Gasteiger partial charge in [-0.2, -0.15) is 4.68 Å². The van der Waals surface area contributed by atoms with Gasteiger partial charge in [-0.1, -0.05) is 16.6 Å². The summed E-state index contributed by atoms with van der Waals surface area (Å²) in [5, 5.41) is 8.57. The van der Waals surface area contributed by atoms with E-state index in [1.54, 1.807) is 16.0 Å². The molecule has 2 rings (SSSR count). The van der Waals surface area contributed by atoms with Gasteiger partial charge >= 0.3 is 0 Å². The zero-order valence-electron chi connectivity index (χ0n) is 9.61. The van der Waals surface area contributed by atoms with E-state index in [0.717, 1.165) is 21.4 Å². The second-order valence-electron chi connectivity index (χ2n) is 3.63. The average molecular weight is 236 g/mol. The SMILES string of the molecule is CC(=O)c1nnn(-c2nc(C)c(C)s2)c1C. The highest BCUT2D eigenvalue weighted by atomic mass is 32.1. The minimum atomic E-state index is -0.0752. The van der Waals surface area contributed by atoms with E-state index in [-0.39, 0.29) is 5.78 Å². The third kappa shape index (κ3) is 1.65. The van der Waals surface area contributed by atoms with Crippen LogP contribution >= 0.6 is 11.3 Å². The van der Waals surface area contributed by atoms with Crippen LogP contribution in [0.25, 0.3) is 5.13 Å². The fourth-order valence-electron chi connectivity index (χ4n) is 1.38. The van der Waals surface area contributed by atoms with Gasteiger partial charge in [0.2, 0.25) is 5.13 Å². The third-order valence-corrected chi connectivity index (χ3v) is 3.47. The molecule has 5 nitrogen and oxygen atoms in total. The molecule has 0 bridgehead atoms. The van der Waals surface area contributed by atoms with Crippen molar-refractivity contribution in [1.29, 1.82) is 0 Å². The summed E-state index contributed by atoms with van der Waals surface area (Å²) < 4.78 is 1.61. The minimum Gasteiger partial charge on any atom is -0.293 e. The first-order valence-electron chi connectivity index (χ1n) is 4.88. The van der Waals surface area contributed by atoms with Gasteiger partial charge in [0.15, 0.2) is 11.5 Å². The van der Waals surface area contributed by atoms with Crippen molar-refractivity contribution in [2.24, 2.45) is 0 Å². The number of carbonyl (C=O) groups is 1. The Morgan fingerprint density at radius 2 is 2.00 bits per heavy atom. The van der Waals surface area contributed by atoms with Crippen LogP contribution in [0, 0.1) is 20.8 Å².